The van der Waals surface area contributed by atoms with Crippen LogP contribution in [0, 0.1) is 0 Å². The molecule has 2 amide bonds. The van der Waals surface area contributed by atoms with Crippen molar-refractivity contribution in [2.75, 3.05) is 27.9 Å². The van der Waals surface area contributed by atoms with Crippen molar-refractivity contribution in [3.63, 3.8) is 0 Å². The van der Waals surface area contributed by atoms with E-state index in [0.717, 1.165) is 0 Å². The second kappa shape index (κ2) is 12.2. The fourth-order valence-corrected chi connectivity index (χ4v) is 3.14. The van der Waals surface area contributed by atoms with E-state index in [4.69, 9.17) is 23.4 Å². The molecule has 0 unspecified atom stereocenters. The summed E-state index contributed by atoms with van der Waals surface area (Å²) < 4.78 is 26.9. The topological polar surface area (TPSA) is 108 Å². The lowest BCUT2D eigenvalue weighted by molar-refractivity contribution is -0.118. The molecule has 0 fully saturated rings. The predicted molar refractivity (Wildman–Crippen MR) is 130 cm³/mol. The number of methoxy groups -OCH3 is 3. The highest BCUT2D eigenvalue weighted by atomic mass is 16.5. The van der Waals surface area contributed by atoms with Gasteiger partial charge < -0.3 is 34.0 Å². The first-order valence-corrected chi connectivity index (χ1v) is 10.8. The van der Waals surface area contributed by atoms with Gasteiger partial charge in [-0.1, -0.05) is 12.1 Å². The van der Waals surface area contributed by atoms with Gasteiger partial charge >= 0.3 is 0 Å². The van der Waals surface area contributed by atoms with Gasteiger partial charge in [0.05, 0.1) is 33.6 Å². The van der Waals surface area contributed by atoms with Crippen molar-refractivity contribution in [1.29, 1.82) is 0 Å². The van der Waals surface area contributed by atoms with E-state index in [1.165, 1.54) is 32.6 Å². The summed E-state index contributed by atoms with van der Waals surface area (Å²) in [5, 5.41) is 5.47. The monoisotopic (exact) mass is 480 g/mol. The van der Waals surface area contributed by atoms with Gasteiger partial charge in [-0.05, 0) is 49.4 Å². The van der Waals surface area contributed by atoms with Gasteiger partial charge in [0.25, 0.3) is 11.8 Å². The number of benzene rings is 2. The summed E-state index contributed by atoms with van der Waals surface area (Å²) >= 11 is 0. The van der Waals surface area contributed by atoms with Gasteiger partial charge in [0.15, 0.2) is 23.0 Å². The van der Waals surface area contributed by atoms with E-state index in [0.29, 0.717) is 28.8 Å². The molecule has 0 spiro atoms. The fraction of sp³-hybridized carbons (Fsp3) is 0.231. The standard InChI is InChI=1S/C26H28N2O7/c1-17(16-35-23-10-6-5-9-21(23)31-2)27-26(30)20(15-19-8-7-13-34-19)28-25(29)18-11-12-22(32-3)24(14-18)33-4/h5-15,17H,16H2,1-4H3,(H,27,30)(H,28,29)/b20-15-/t17-/m1/s1. The van der Waals surface area contributed by atoms with Gasteiger partial charge in [-0.25, -0.2) is 0 Å². The minimum absolute atomic E-state index is 0.00359. The maximum atomic E-state index is 13.0. The zero-order chi connectivity index (χ0) is 25.2. The smallest absolute Gasteiger partial charge is 0.268 e. The van der Waals surface area contributed by atoms with Gasteiger partial charge in [0.1, 0.15) is 18.1 Å². The minimum atomic E-state index is -0.508. The maximum Gasteiger partial charge on any atom is 0.268 e. The van der Waals surface area contributed by atoms with E-state index in [-0.39, 0.29) is 23.9 Å². The van der Waals surface area contributed by atoms with E-state index in [1.54, 1.807) is 50.4 Å². The molecule has 3 aromatic rings. The van der Waals surface area contributed by atoms with Crippen molar-refractivity contribution < 1.29 is 33.0 Å². The summed E-state index contributed by atoms with van der Waals surface area (Å²) in [6.45, 7) is 1.97. The molecule has 0 saturated heterocycles. The van der Waals surface area contributed by atoms with Gasteiger partial charge in [-0.3, -0.25) is 9.59 Å². The normalized spacial score (nSPS) is 11.8. The molecule has 35 heavy (non-hydrogen) atoms. The van der Waals surface area contributed by atoms with Gasteiger partial charge in [0, 0.05) is 11.6 Å². The molecular weight excluding hydrogens is 452 g/mol. The molecule has 0 saturated carbocycles. The first kappa shape index (κ1) is 25.2. The molecule has 1 aromatic heterocycles. The highest BCUT2D eigenvalue weighted by molar-refractivity contribution is 6.05. The Morgan fingerprint density at radius 2 is 1.60 bits per heavy atom. The second-order valence-corrected chi connectivity index (χ2v) is 7.43. The summed E-state index contributed by atoms with van der Waals surface area (Å²) in [6, 6.07) is 14.9. The fourth-order valence-electron chi connectivity index (χ4n) is 3.14. The molecule has 9 nitrogen and oxygen atoms in total. The number of para-hydroxylation sites is 2. The molecular formula is C26H28N2O7. The highest BCUT2D eigenvalue weighted by Gasteiger charge is 2.19. The third-order valence-corrected chi connectivity index (χ3v) is 4.90. The predicted octanol–water partition coefficient (Wildman–Crippen LogP) is 3.66. The second-order valence-electron chi connectivity index (χ2n) is 7.43. The highest BCUT2D eigenvalue weighted by Crippen LogP contribution is 2.28. The Labute approximate surface area is 203 Å². The Hall–Kier alpha value is -4.40. The third-order valence-electron chi connectivity index (χ3n) is 4.90. The largest absolute Gasteiger partial charge is 0.493 e. The average molecular weight is 481 g/mol. The van der Waals surface area contributed by atoms with Crippen molar-refractivity contribution >= 4 is 17.9 Å². The van der Waals surface area contributed by atoms with Crippen LogP contribution in [-0.2, 0) is 4.79 Å². The van der Waals surface area contributed by atoms with Gasteiger partial charge in [-0.15, -0.1) is 0 Å². The molecule has 9 heteroatoms. The summed E-state index contributed by atoms with van der Waals surface area (Å²) in [6.07, 6.45) is 2.92. The Bertz CT molecular complexity index is 1170. The van der Waals surface area contributed by atoms with Gasteiger partial charge in [0.2, 0.25) is 0 Å². The Morgan fingerprint density at radius 3 is 2.26 bits per heavy atom. The van der Waals surface area contributed by atoms with Crippen molar-refractivity contribution in [3.8, 4) is 23.0 Å². The van der Waals surface area contributed by atoms with E-state index in [9.17, 15) is 9.59 Å². The van der Waals surface area contributed by atoms with Crippen LogP contribution in [0.25, 0.3) is 6.08 Å². The number of hydrogen-bond acceptors (Lipinski definition) is 7. The zero-order valence-electron chi connectivity index (χ0n) is 20.0. The summed E-state index contributed by atoms with van der Waals surface area (Å²) in [5.74, 6) is 1.42. The molecule has 0 radical (unpaired) electrons. The van der Waals surface area contributed by atoms with Crippen LogP contribution in [0.1, 0.15) is 23.0 Å². The number of carbonyl (C=O) groups is 2. The summed E-state index contributed by atoms with van der Waals surface area (Å²) in [7, 11) is 4.54. The van der Waals surface area contributed by atoms with Crippen molar-refractivity contribution in [3.05, 3.63) is 77.9 Å². The molecule has 1 heterocycles. The molecule has 1 atom stereocenters. The first-order chi connectivity index (χ1) is 16.9. The molecule has 2 aromatic carbocycles. The van der Waals surface area contributed by atoms with Crippen molar-refractivity contribution in [2.45, 2.75) is 13.0 Å². The lowest BCUT2D eigenvalue weighted by Crippen LogP contribution is -2.41. The molecule has 2 N–H and O–H groups in total. The van der Waals surface area contributed by atoms with Crippen LogP contribution < -0.4 is 29.6 Å². The lowest BCUT2D eigenvalue weighted by atomic mass is 10.1. The number of rotatable bonds is 11. The Morgan fingerprint density at radius 1 is 0.914 bits per heavy atom. The van der Waals surface area contributed by atoms with Crippen LogP contribution in [0.15, 0.2) is 71.0 Å². The molecule has 3 rings (SSSR count). The summed E-state index contributed by atoms with van der Waals surface area (Å²) in [5.41, 5.74) is 0.289. The van der Waals surface area contributed by atoms with Crippen LogP contribution in [0.5, 0.6) is 23.0 Å². The number of hydrogen-bond donors (Lipinski definition) is 2. The van der Waals surface area contributed by atoms with Crippen LogP contribution in [0.3, 0.4) is 0 Å². The van der Waals surface area contributed by atoms with E-state index in [2.05, 4.69) is 10.6 Å². The first-order valence-electron chi connectivity index (χ1n) is 10.8. The van der Waals surface area contributed by atoms with Crippen LogP contribution >= 0.6 is 0 Å². The minimum Gasteiger partial charge on any atom is -0.493 e. The number of carbonyl (C=O) groups excluding carboxylic acids is 2. The van der Waals surface area contributed by atoms with Crippen molar-refractivity contribution in [1.82, 2.24) is 10.6 Å². The number of nitrogens with one attached hydrogen (secondary N) is 2. The molecule has 0 bridgehead atoms. The molecule has 0 aliphatic rings. The third kappa shape index (κ3) is 6.80. The number of ether oxygens (including phenoxy) is 4. The zero-order valence-corrected chi connectivity index (χ0v) is 20.0. The maximum absolute atomic E-state index is 13.0. The molecule has 0 aliphatic carbocycles. The van der Waals surface area contributed by atoms with E-state index < -0.39 is 11.8 Å². The van der Waals surface area contributed by atoms with Crippen LogP contribution in [-0.4, -0.2) is 45.8 Å². The Kier molecular flexibility index (Phi) is 8.77. The van der Waals surface area contributed by atoms with Crippen LogP contribution in [0.4, 0.5) is 0 Å². The Balaban J connectivity index is 1.72. The number of amides is 2. The quantitative estimate of drug-likeness (QED) is 0.403. The lowest BCUT2D eigenvalue weighted by Gasteiger charge is -2.18. The molecule has 184 valence electrons. The SMILES string of the molecule is COc1ccc(C(=O)N/C(=C\c2ccco2)C(=O)N[C@H](C)COc2ccccc2OC)cc1OC. The van der Waals surface area contributed by atoms with Crippen LogP contribution in [0.2, 0.25) is 0 Å². The van der Waals surface area contributed by atoms with Crippen molar-refractivity contribution in [2.24, 2.45) is 0 Å². The average Bonchev–Trinajstić information content (AvgIpc) is 3.39. The summed E-state index contributed by atoms with van der Waals surface area (Å²) in [4.78, 5) is 26.0. The number of furan rings is 1. The van der Waals surface area contributed by atoms with E-state index >= 15 is 0 Å². The van der Waals surface area contributed by atoms with Gasteiger partial charge in [-0.2, -0.15) is 0 Å². The molecule has 0 aliphatic heterocycles. The van der Waals surface area contributed by atoms with E-state index in [1.807, 2.05) is 12.1 Å².